The minimum absolute atomic E-state index is 0.0725. The Labute approximate surface area is 129 Å². The molecule has 3 aliphatic carbocycles. The molecule has 0 aromatic heterocycles. The average molecular weight is 328 g/mol. The second kappa shape index (κ2) is 4.14. The smallest absolute Gasteiger partial charge is 0.317 e. The second-order valence-electron chi connectivity index (χ2n) is 7.18. The summed E-state index contributed by atoms with van der Waals surface area (Å²) in [4.78, 5) is 28.4. The molecule has 22 heavy (non-hydrogen) atoms. The first-order valence-corrected chi connectivity index (χ1v) is 9.45. The molecule has 8 nitrogen and oxygen atoms in total. The molecule has 5 aliphatic rings. The lowest BCUT2D eigenvalue weighted by molar-refractivity contribution is -0.203. The Bertz CT molecular complexity index is 641. The minimum Gasteiger partial charge on any atom is -0.317 e. The molecule has 0 unspecified atom stereocenters. The number of sulfonamides is 1. The van der Waals surface area contributed by atoms with Crippen molar-refractivity contribution >= 4 is 22.0 Å². The fraction of sp³-hybridized carbons (Fsp3) is 0.846. The lowest BCUT2D eigenvalue weighted by Gasteiger charge is -2.71. The topological polar surface area (TPSA) is 98.8 Å². The van der Waals surface area contributed by atoms with Crippen LogP contribution in [0.5, 0.6) is 0 Å². The fourth-order valence-electron chi connectivity index (χ4n) is 4.55. The van der Waals surface area contributed by atoms with Crippen LogP contribution in [0.25, 0.3) is 0 Å². The zero-order valence-corrected chi connectivity index (χ0v) is 13.3. The molecule has 5 fully saturated rings. The van der Waals surface area contributed by atoms with Gasteiger partial charge < -0.3 is 15.1 Å². The van der Waals surface area contributed by atoms with E-state index >= 15 is 0 Å². The number of nitrogens with zero attached hydrogens (tertiary/aromatic N) is 2. The highest BCUT2D eigenvalue weighted by Gasteiger charge is 2.75. The van der Waals surface area contributed by atoms with Crippen molar-refractivity contribution in [2.24, 2.45) is 5.41 Å². The van der Waals surface area contributed by atoms with E-state index in [-0.39, 0.29) is 17.6 Å². The lowest BCUT2D eigenvalue weighted by atomic mass is 9.38. The highest BCUT2D eigenvalue weighted by Crippen LogP contribution is 2.70. The molecular formula is C13H20N4O4S. The number of amides is 3. The first-order chi connectivity index (χ1) is 10.2. The van der Waals surface area contributed by atoms with Crippen molar-refractivity contribution in [3.8, 4) is 0 Å². The summed E-state index contributed by atoms with van der Waals surface area (Å²) in [6.07, 6.45) is 2.74. The van der Waals surface area contributed by atoms with Crippen LogP contribution in [-0.2, 0) is 14.8 Å². The molecular weight excluding hydrogens is 308 g/mol. The maximum Gasteiger partial charge on any atom is 0.320 e. The van der Waals surface area contributed by atoms with E-state index in [2.05, 4.69) is 10.0 Å². The third kappa shape index (κ3) is 1.81. The van der Waals surface area contributed by atoms with Crippen LogP contribution in [0.4, 0.5) is 4.79 Å². The maximum atomic E-state index is 12.5. The molecule has 5 rings (SSSR count). The molecule has 1 atom stereocenters. The molecule has 0 aromatic rings. The number of hydrogen-bond acceptors (Lipinski definition) is 5. The highest BCUT2D eigenvalue weighted by molar-refractivity contribution is 7.89. The molecule has 3 amide bonds. The van der Waals surface area contributed by atoms with Gasteiger partial charge in [0, 0.05) is 31.7 Å². The van der Waals surface area contributed by atoms with E-state index in [9.17, 15) is 18.0 Å². The summed E-state index contributed by atoms with van der Waals surface area (Å²) in [6, 6.07) is 0.291. The van der Waals surface area contributed by atoms with Crippen LogP contribution in [0.3, 0.4) is 0 Å². The number of piperazine rings is 1. The van der Waals surface area contributed by atoms with Gasteiger partial charge in [-0.2, -0.15) is 0 Å². The SMILES string of the molecule is CS(=O)(=O)NC(=O)C12CC(N3C[C@@H]4CNCCN4C3=O)(C1)C2. The van der Waals surface area contributed by atoms with E-state index in [4.69, 9.17) is 0 Å². The minimum atomic E-state index is -3.52. The number of carbonyl (C=O) groups excluding carboxylic acids is 2. The van der Waals surface area contributed by atoms with Gasteiger partial charge in [-0.1, -0.05) is 0 Å². The Balaban J connectivity index is 1.44. The summed E-state index contributed by atoms with van der Waals surface area (Å²) in [7, 11) is -3.52. The van der Waals surface area contributed by atoms with Gasteiger partial charge >= 0.3 is 6.03 Å². The van der Waals surface area contributed by atoms with Crippen molar-refractivity contribution in [3.05, 3.63) is 0 Å². The number of carbonyl (C=O) groups is 2. The quantitative estimate of drug-likeness (QED) is 0.670. The van der Waals surface area contributed by atoms with E-state index in [1.807, 2.05) is 9.80 Å². The number of urea groups is 1. The number of hydrogen-bond donors (Lipinski definition) is 2. The summed E-state index contributed by atoms with van der Waals surface area (Å²) in [5.41, 5.74) is -0.798. The molecule has 0 aromatic carbocycles. The van der Waals surface area contributed by atoms with Gasteiger partial charge in [0.05, 0.1) is 17.7 Å². The van der Waals surface area contributed by atoms with Crippen molar-refractivity contribution in [3.63, 3.8) is 0 Å². The normalized spacial score (nSPS) is 39.9. The molecule has 2 saturated heterocycles. The van der Waals surface area contributed by atoms with Gasteiger partial charge in [-0.3, -0.25) is 9.52 Å². The van der Waals surface area contributed by atoms with Crippen LogP contribution in [0, 0.1) is 5.41 Å². The Morgan fingerprint density at radius 2 is 2.05 bits per heavy atom. The molecule has 9 heteroatoms. The standard InChI is InChI=1S/C13H20N4O4S/c1-22(20,21)15-10(18)12-6-13(7-12,8-12)17-5-9-4-14-2-3-16(9)11(17)19/h9,14H,2-8H2,1H3,(H,15,18)/t9-,12?,13?/m0/s1. The van der Waals surface area contributed by atoms with E-state index in [1.54, 1.807) is 0 Å². The largest absolute Gasteiger partial charge is 0.320 e. The summed E-state index contributed by atoms with van der Waals surface area (Å²) < 4.78 is 24.5. The summed E-state index contributed by atoms with van der Waals surface area (Å²) in [6.45, 7) is 3.08. The maximum absolute atomic E-state index is 12.5. The average Bonchev–Trinajstić information content (AvgIpc) is 2.62. The molecule has 2 aliphatic heterocycles. The first-order valence-electron chi connectivity index (χ1n) is 7.56. The zero-order valence-electron chi connectivity index (χ0n) is 12.5. The van der Waals surface area contributed by atoms with Crippen LogP contribution in [-0.4, -0.2) is 74.2 Å². The van der Waals surface area contributed by atoms with Gasteiger partial charge in [-0.05, 0) is 19.3 Å². The van der Waals surface area contributed by atoms with Crippen molar-refractivity contribution in [2.75, 3.05) is 32.4 Å². The predicted molar refractivity (Wildman–Crippen MR) is 77.5 cm³/mol. The highest BCUT2D eigenvalue weighted by atomic mass is 32.2. The third-order valence-electron chi connectivity index (χ3n) is 5.55. The molecule has 2 bridgehead atoms. The lowest BCUT2D eigenvalue weighted by Crippen LogP contribution is -2.78. The van der Waals surface area contributed by atoms with Gasteiger partial charge in [0.2, 0.25) is 15.9 Å². The van der Waals surface area contributed by atoms with Gasteiger partial charge in [-0.25, -0.2) is 13.2 Å². The molecule has 0 radical (unpaired) electrons. The van der Waals surface area contributed by atoms with E-state index < -0.39 is 21.3 Å². The van der Waals surface area contributed by atoms with E-state index in [1.165, 1.54) is 0 Å². The Morgan fingerprint density at radius 1 is 1.36 bits per heavy atom. The number of fused-ring (bicyclic) bond motifs is 1. The van der Waals surface area contributed by atoms with Crippen LogP contribution >= 0.6 is 0 Å². The molecule has 3 saturated carbocycles. The van der Waals surface area contributed by atoms with Gasteiger partial charge in [-0.15, -0.1) is 0 Å². The molecule has 2 N–H and O–H groups in total. The van der Waals surface area contributed by atoms with E-state index in [0.29, 0.717) is 25.8 Å². The predicted octanol–water partition coefficient (Wildman–Crippen LogP) is -1.31. The Morgan fingerprint density at radius 3 is 2.64 bits per heavy atom. The molecule has 2 heterocycles. The Hall–Kier alpha value is -1.35. The zero-order chi connectivity index (χ0) is 15.8. The second-order valence-corrected chi connectivity index (χ2v) is 8.93. The van der Waals surface area contributed by atoms with Gasteiger partial charge in [0.15, 0.2) is 0 Å². The van der Waals surface area contributed by atoms with Crippen molar-refractivity contribution < 1.29 is 18.0 Å². The monoisotopic (exact) mass is 328 g/mol. The summed E-state index contributed by atoms with van der Waals surface area (Å²) in [5, 5.41) is 3.30. The van der Waals surface area contributed by atoms with Crippen molar-refractivity contribution in [2.45, 2.75) is 30.8 Å². The number of rotatable bonds is 3. The Kier molecular flexibility index (Phi) is 2.68. The first kappa shape index (κ1) is 14.3. The molecule has 122 valence electrons. The third-order valence-corrected chi connectivity index (χ3v) is 6.11. The van der Waals surface area contributed by atoms with Crippen LogP contribution < -0.4 is 10.0 Å². The van der Waals surface area contributed by atoms with Crippen LogP contribution in [0.1, 0.15) is 19.3 Å². The fourth-order valence-corrected chi connectivity index (χ4v) is 5.11. The van der Waals surface area contributed by atoms with Crippen molar-refractivity contribution in [1.29, 1.82) is 0 Å². The van der Waals surface area contributed by atoms with Crippen LogP contribution in [0.2, 0.25) is 0 Å². The molecule has 0 spiro atoms. The summed E-state index contributed by atoms with van der Waals surface area (Å²) >= 11 is 0. The van der Waals surface area contributed by atoms with Crippen LogP contribution in [0.15, 0.2) is 0 Å². The van der Waals surface area contributed by atoms with Gasteiger partial charge in [0.25, 0.3) is 0 Å². The van der Waals surface area contributed by atoms with Crippen molar-refractivity contribution in [1.82, 2.24) is 19.8 Å². The van der Waals surface area contributed by atoms with E-state index in [0.717, 1.165) is 25.9 Å². The van der Waals surface area contributed by atoms with Gasteiger partial charge in [0.1, 0.15) is 0 Å². The summed E-state index contributed by atoms with van der Waals surface area (Å²) in [5.74, 6) is -0.414. The number of nitrogens with one attached hydrogen (secondary N) is 2.